The van der Waals surface area contributed by atoms with Gasteiger partial charge < -0.3 is 14.2 Å². The van der Waals surface area contributed by atoms with Crippen molar-refractivity contribution in [3.63, 3.8) is 0 Å². The molecule has 0 heterocycles. The van der Waals surface area contributed by atoms with Gasteiger partial charge in [0.05, 0.1) is 34.0 Å². The molecule has 3 rings (SSSR count). The van der Waals surface area contributed by atoms with Gasteiger partial charge in [0.2, 0.25) is 5.91 Å². The molecule has 0 fully saturated rings. The van der Waals surface area contributed by atoms with Gasteiger partial charge in [-0.1, -0.05) is 35.3 Å². The smallest absolute Gasteiger partial charge is 0.244 e. The van der Waals surface area contributed by atoms with Gasteiger partial charge in [0.15, 0.2) is 11.5 Å². The molecule has 3 aromatic rings. The highest BCUT2D eigenvalue weighted by Crippen LogP contribution is 2.31. The molecular weight excluding hydrogens is 705 g/mol. The molecule has 6 nitrogen and oxygen atoms in total. The summed E-state index contributed by atoms with van der Waals surface area (Å²) in [6.45, 7) is 0.321. The summed E-state index contributed by atoms with van der Waals surface area (Å²) in [4.78, 5) is 12.3. The highest BCUT2D eigenvalue weighted by Gasteiger charge is 2.11. The fraction of sp³-hybridized carbons (Fsp3) is 0.167. The molecule has 0 unspecified atom stereocenters. The Labute approximate surface area is 235 Å². The number of benzene rings is 3. The Hall–Kier alpha value is -1.76. The number of ether oxygens (including phenoxy) is 3. The lowest BCUT2D eigenvalue weighted by molar-refractivity contribution is -0.120. The molecule has 0 bridgehead atoms. The van der Waals surface area contributed by atoms with Gasteiger partial charge in [-0.3, -0.25) is 4.79 Å². The van der Waals surface area contributed by atoms with E-state index in [1.54, 1.807) is 44.7 Å². The average Bonchev–Trinajstić information content (AvgIpc) is 2.79. The molecule has 1 amide bonds. The number of carbonyl (C=O) groups is 1. The highest BCUT2D eigenvalue weighted by molar-refractivity contribution is 14.1. The van der Waals surface area contributed by atoms with Crippen LogP contribution in [0.5, 0.6) is 17.2 Å². The van der Waals surface area contributed by atoms with Crippen LogP contribution in [0.4, 0.5) is 0 Å². The van der Waals surface area contributed by atoms with E-state index in [4.69, 9.17) is 37.4 Å². The van der Waals surface area contributed by atoms with Gasteiger partial charge >= 0.3 is 0 Å². The minimum Gasteiger partial charge on any atom is -0.493 e. The molecule has 0 atom stereocenters. The van der Waals surface area contributed by atoms with Crippen molar-refractivity contribution in [1.82, 2.24) is 5.43 Å². The van der Waals surface area contributed by atoms with Crippen LogP contribution < -0.4 is 19.6 Å². The van der Waals surface area contributed by atoms with Gasteiger partial charge in [0, 0.05) is 15.6 Å². The second-order valence-electron chi connectivity index (χ2n) is 7.00. The Morgan fingerprint density at radius 3 is 2.35 bits per heavy atom. The number of rotatable bonds is 9. The normalized spacial score (nSPS) is 10.9. The van der Waals surface area contributed by atoms with E-state index in [2.05, 4.69) is 55.7 Å². The molecule has 34 heavy (non-hydrogen) atoms. The number of methoxy groups -OCH3 is 2. The highest BCUT2D eigenvalue weighted by atomic mass is 127. The first kappa shape index (κ1) is 26.8. The molecular formula is C24H20Cl2I2N2O4. The number of hydrazone groups is 1. The molecule has 0 spiro atoms. The minimum atomic E-state index is -0.243. The van der Waals surface area contributed by atoms with E-state index in [1.807, 2.05) is 24.3 Å². The van der Waals surface area contributed by atoms with Gasteiger partial charge in [0.1, 0.15) is 12.4 Å². The van der Waals surface area contributed by atoms with Crippen molar-refractivity contribution in [1.29, 1.82) is 0 Å². The van der Waals surface area contributed by atoms with E-state index in [1.165, 1.54) is 0 Å². The summed E-state index contributed by atoms with van der Waals surface area (Å²) in [6.07, 6.45) is 1.75. The number of halogens is 4. The predicted octanol–water partition coefficient (Wildman–Crippen LogP) is 6.49. The maximum absolute atomic E-state index is 12.3. The molecule has 0 aliphatic rings. The van der Waals surface area contributed by atoms with Gasteiger partial charge in [-0.05, 0) is 92.7 Å². The Morgan fingerprint density at radius 1 is 1.00 bits per heavy atom. The lowest BCUT2D eigenvalue weighted by Gasteiger charge is -2.12. The van der Waals surface area contributed by atoms with Crippen molar-refractivity contribution in [2.24, 2.45) is 5.10 Å². The molecule has 0 aliphatic carbocycles. The van der Waals surface area contributed by atoms with Crippen LogP contribution in [0.1, 0.15) is 16.7 Å². The van der Waals surface area contributed by atoms with Crippen molar-refractivity contribution in [2.75, 3.05) is 14.2 Å². The van der Waals surface area contributed by atoms with E-state index < -0.39 is 0 Å². The zero-order chi connectivity index (χ0) is 24.7. The zero-order valence-corrected chi connectivity index (χ0v) is 24.0. The second-order valence-corrected chi connectivity index (χ2v) is 10.2. The van der Waals surface area contributed by atoms with Crippen LogP contribution in [0.3, 0.4) is 0 Å². The van der Waals surface area contributed by atoms with Gasteiger partial charge in [0.25, 0.3) is 0 Å². The first-order valence-corrected chi connectivity index (χ1v) is 12.8. The van der Waals surface area contributed by atoms with Gasteiger partial charge in [-0.15, -0.1) is 0 Å². The number of nitrogens with zero attached hydrogens (tertiary/aromatic N) is 1. The van der Waals surface area contributed by atoms with Crippen LogP contribution in [0.15, 0.2) is 53.6 Å². The number of amides is 1. The van der Waals surface area contributed by atoms with Crippen molar-refractivity contribution >= 4 is 80.5 Å². The van der Waals surface area contributed by atoms with E-state index in [0.29, 0.717) is 28.2 Å². The molecule has 10 heteroatoms. The monoisotopic (exact) mass is 724 g/mol. The third-order valence-corrected chi connectivity index (χ3v) is 6.81. The van der Waals surface area contributed by atoms with Crippen LogP contribution in [-0.2, 0) is 17.8 Å². The third kappa shape index (κ3) is 7.37. The second kappa shape index (κ2) is 12.8. The lowest BCUT2D eigenvalue weighted by atomic mass is 10.1. The Balaban J connectivity index is 1.60. The summed E-state index contributed by atoms with van der Waals surface area (Å²) in [6, 6.07) is 14.5. The molecule has 0 radical (unpaired) electrons. The molecule has 178 valence electrons. The summed E-state index contributed by atoms with van der Waals surface area (Å²) in [5.74, 6) is 1.69. The molecule has 0 aromatic heterocycles. The Bertz CT molecular complexity index is 1200. The van der Waals surface area contributed by atoms with Crippen LogP contribution in [0.2, 0.25) is 10.0 Å². The Kier molecular flexibility index (Phi) is 10.1. The number of carbonyl (C=O) groups excluding carboxylic acids is 1. The standard InChI is InChI=1S/C24H20Cl2I2N2O4/c1-32-21-6-3-14(9-22(21)33-2)10-23(31)30-29-12-15-7-19(27)24(20(28)8-15)34-13-16-4-5-17(25)11-18(16)26/h3-9,11-12H,10,13H2,1-2H3,(H,30,31)/b29-12+. The average molecular weight is 725 g/mol. The van der Waals surface area contributed by atoms with E-state index in [9.17, 15) is 4.79 Å². The predicted molar refractivity (Wildman–Crippen MR) is 152 cm³/mol. The molecule has 1 N–H and O–H groups in total. The van der Waals surface area contributed by atoms with E-state index in [-0.39, 0.29) is 12.3 Å². The van der Waals surface area contributed by atoms with E-state index in [0.717, 1.165) is 29.6 Å². The number of hydrogen-bond acceptors (Lipinski definition) is 5. The van der Waals surface area contributed by atoms with Crippen molar-refractivity contribution in [3.05, 3.63) is 82.4 Å². The quantitative estimate of drug-likeness (QED) is 0.156. The van der Waals surface area contributed by atoms with E-state index >= 15 is 0 Å². The summed E-state index contributed by atoms with van der Waals surface area (Å²) >= 11 is 16.6. The molecule has 0 saturated carbocycles. The number of nitrogens with one attached hydrogen (secondary N) is 1. The lowest BCUT2D eigenvalue weighted by Crippen LogP contribution is -2.19. The first-order chi connectivity index (χ1) is 16.3. The summed E-state index contributed by atoms with van der Waals surface area (Å²) in [7, 11) is 3.12. The third-order valence-electron chi connectivity index (χ3n) is 4.62. The largest absolute Gasteiger partial charge is 0.493 e. The van der Waals surface area contributed by atoms with Gasteiger partial charge in [-0.25, -0.2) is 5.43 Å². The van der Waals surface area contributed by atoms with Crippen molar-refractivity contribution < 1.29 is 19.0 Å². The van der Waals surface area contributed by atoms with Crippen molar-refractivity contribution in [3.8, 4) is 17.2 Å². The van der Waals surface area contributed by atoms with Crippen LogP contribution >= 0.6 is 68.4 Å². The van der Waals surface area contributed by atoms with Crippen LogP contribution in [0, 0.1) is 7.14 Å². The number of hydrogen-bond donors (Lipinski definition) is 1. The maximum atomic E-state index is 12.3. The fourth-order valence-corrected chi connectivity index (χ4v) is 5.57. The minimum absolute atomic E-state index is 0.160. The fourth-order valence-electron chi connectivity index (χ4n) is 2.97. The summed E-state index contributed by atoms with van der Waals surface area (Å²) < 4.78 is 18.3. The van der Waals surface area contributed by atoms with Crippen LogP contribution in [-0.4, -0.2) is 26.3 Å². The summed E-state index contributed by atoms with van der Waals surface area (Å²) in [5.41, 5.74) is 5.02. The summed E-state index contributed by atoms with van der Waals surface area (Å²) in [5, 5.41) is 5.22. The molecule has 3 aromatic carbocycles. The first-order valence-electron chi connectivity index (χ1n) is 9.89. The van der Waals surface area contributed by atoms with Crippen molar-refractivity contribution in [2.45, 2.75) is 13.0 Å². The molecule has 0 saturated heterocycles. The zero-order valence-electron chi connectivity index (χ0n) is 18.2. The Morgan fingerprint density at radius 2 is 1.71 bits per heavy atom. The topological polar surface area (TPSA) is 69.2 Å². The molecule has 0 aliphatic heterocycles. The maximum Gasteiger partial charge on any atom is 0.244 e. The van der Waals surface area contributed by atoms with Gasteiger partial charge in [-0.2, -0.15) is 5.10 Å². The van der Waals surface area contributed by atoms with Crippen LogP contribution in [0.25, 0.3) is 0 Å². The SMILES string of the molecule is COc1ccc(CC(=O)N/N=C/c2cc(I)c(OCc3ccc(Cl)cc3Cl)c(I)c2)cc1OC.